The number of hydrogen-bond acceptors (Lipinski definition) is 3. The molecule has 0 aliphatic heterocycles. The van der Waals surface area contributed by atoms with Gasteiger partial charge in [-0.05, 0) is 35.4 Å². The van der Waals surface area contributed by atoms with E-state index in [0.717, 1.165) is 22.2 Å². The van der Waals surface area contributed by atoms with E-state index in [1.165, 1.54) is 0 Å². The molecule has 0 spiro atoms. The number of aromatic nitrogens is 1. The Bertz CT molecular complexity index is 854. The Labute approximate surface area is 126 Å². The fraction of sp³-hybridized carbons (Fsp3) is 0.125. The topological polar surface area (TPSA) is 108 Å². The van der Waals surface area contributed by atoms with Gasteiger partial charge >= 0.3 is 5.69 Å². The van der Waals surface area contributed by atoms with Crippen molar-refractivity contribution in [1.82, 2.24) is 4.98 Å². The zero-order valence-corrected chi connectivity index (χ0v) is 11.9. The SMILES string of the molecule is Nc1cccc(-c2ccc([N+](N)=O)c3[nH]c(CCO)cc23)c1. The van der Waals surface area contributed by atoms with Crippen LogP contribution in [0.1, 0.15) is 5.69 Å². The Kier molecular flexibility index (Phi) is 3.52. The number of nitrogens with zero attached hydrogens (tertiary/aromatic N) is 1. The highest BCUT2D eigenvalue weighted by atomic mass is 16.3. The Morgan fingerprint density at radius 1 is 1.18 bits per heavy atom. The van der Waals surface area contributed by atoms with Gasteiger partial charge in [-0.15, -0.1) is 0 Å². The number of aromatic amines is 1. The average Bonchev–Trinajstić information content (AvgIpc) is 2.89. The lowest BCUT2D eigenvalue weighted by atomic mass is 10.0. The molecule has 2 aromatic carbocycles. The van der Waals surface area contributed by atoms with Gasteiger partial charge in [0.1, 0.15) is 5.52 Å². The zero-order chi connectivity index (χ0) is 15.7. The molecule has 0 saturated heterocycles. The molecule has 0 atom stereocenters. The maximum atomic E-state index is 11.5. The summed E-state index contributed by atoms with van der Waals surface area (Å²) in [6, 6.07) is 13.0. The minimum Gasteiger partial charge on any atom is -0.399 e. The summed E-state index contributed by atoms with van der Waals surface area (Å²) in [6.07, 6.45) is 0.480. The van der Waals surface area contributed by atoms with Crippen LogP contribution < -0.4 is 11.6 Å². The van der Waals surface area contributed by atoms with Crippen LogP contribution in [-0.4, -0.2) is 21.6 Å². The molecule has 0 fully saturated rings. The lowest BCUT2D eigenvalue weighted by Gasteiger charge is -2.04. The summed E-state index contributed by atoms with van der Waals surface area (Å²) in [7, 11) is 0. The van der Waals surface area contributed by atoms with Crippen molar-refractivity contribution < 1.29 is 9.98 Å². The predicted octanol–water partition coefficient (Wildman–Crippen LogP) is 2.24. The van der Waals surface area contributed by atoms with Gasteiger partial charge in [0.2, 0.25) is 0 Å². The molecule has 1 aromatic heterocycles. The van der Waals surface area contributed by atoms with Gasteiger partial charge in [0, 0.05) is 35.9 Å². The third-order valence-electron chi connectivity index (χ3n) is 3.64. The van der Waals surface area contributed by atoms with Crippen LogP contribution in [0.5, 0.6) is 0 Å². The molecule has 22 heavy (non-hydrogen) atoms. The first kappa shape index (κ1) is 14.1. The number of nitroso groups, excluding NO2 is 1. The Balaban J connectivity index is 2.27. The molecule has 0 radical (unpaired) electrons. The fourth-order valence-corrected chi connectivity index (χ4v) is 2.66. The van der Waals surface area contributed by atoms with Gasteiger partial charge in [0.05, 0.1) is 4.91 Å². The number of nitrogens with two attached hydrogens (primary N) is 2. The molecule has 0 unspecified atom stereocenters. The van der Waals surface area contributed by atoms with E-state index in [1.54, 1.807) is 6.07 Å². The van der Waals surface area contributed by atoms with Crippen LogP contribution in [0.3, 0.4) is 0 Å². The Morgan fingerprint density at radius 3 is 2.68 bits per heavy atom. The standard InChI is InChI=1S/C16H17N4O2/c17-11-3-1-2-10(8-11)13-4-5-15(20(18)22)16-14(13)9-12(19-16)6-7-21/h1-5,8-9,19,21H,6-7,17H2,(H2,18,22)/q+1. The summed E-state index contributed by atoms with van der Waals surface area (Å²) < 4.78 is 0. The van der Waals surface area contributed by atoms with Crippen LogP contribution in [0.25, 0.3) is 22.0 Å². The fourth-order valence-electron chi connectivity index (χ4n) is 2.66. The second-order valence-electron chi connectivity index (χ2n) is 5.14. The van der Waals surface area contributed by atoms with E-state index in [2.05, 4.69) is 4.98 Å². The molecule has 0 aliphatic rings. The lowest BCUT2D eigenvalue weighted by Crippen LogP contribution is -2.09. The molecule has 1 heterocycles. The third-order valence-corrected chi connectivity index (χ3v) is 3.64. The molecule has 3 aromatic rings. The largest absolute Gasteiger partial charge is 0.399 e. The molecule has 0 amide bonds. The minimum atomic E-state index is 0.0273. The summed E-state index contributed by atoms with van der Waals surface area (Å²) >= 11 is 0. The van der Waals surface area contributed by atoms with Crippen molar-refractivity contribution >= 4 is 22.3 Å². The quantitative estimate of drug-likeness (QED) is 0.256. The minimum absolute atomic E-state index is 0.0273. The second-order valence-corrected chi connectivity index (χ2v) is 5.14. The van der Waals surface area contributed by atoms with Crippen LogP contribution in [0, 0.1) is 4.91 Å². The highest BCUT2D eigenvalue weighted by Crippen LogP contribution is 2.34. The first-order chi connectivity index (χ1) is 10.6. The van der Waals surface area contributed by atoms with E-state index in [1.807, 2.05) is 36.4 Å². The molecular weight excluding hydrogens is 280 g/mol. The van der Waals surface area contributed by atoms with Gasteiger partial charge in [0.25, 0.3) is 0 Å². The van der Waals surface area contributed by atoms with Gasteiger partial charge < -0.3 is 15.8 Å². The molecular formula is C16H17N4O2+. The summed E-state index contributed by atoms with van der Waals surface area (Å²) in [5.41, 5.74) is 10.3. The summed E-state index contributed by atoms with van der Waals surface area (Å²) in [5, 5.41) is 9.99. The van der Waals surface area contributed by atoms with Crippen LogP contribution in [-0.2, 0) is 6.42 Å². The summed E-state index contributed by atoms with van der Waals surface area (Å²) in [5.74, 6) is 5.36. The molecule has 6 nitrogen and oxygen atoms in total. The van der Waals surface area contributed by atoms with Gasteiger partial charge in [-0.2, -0.15) is 5.84 Å². The Hall–Kier alpha value is -2.86. The maximum Gasteiger partial charge on any atom is 0.315 e. The van der Waals surface area contributed by atoms with E-state index in [4.69, 9.17) is 16.7 Å². The Morgan fingerprint density at radius 2 is 2.00 bits per heavy atom. The summed E-state index contributed by atoms with van der Waals surface area (Å²) in [6.45, 7) is 0.0273. The monoisotopic (exact) mass is 297 g/mol. The van der Waals surface area contributed by atoms with Crippen molar-refractivity contribution in [3.63, 3.8) is 0 Å². The predicted molar refractivity (Wildman–Crippen MR) is 86.4 cm³/mol. The van der Waals surface area contributed by atoms with E-state index in [9.17, 15) is 4.91 Å². The van der Waals surface area contributed by atoms with Crippen molar-refractivity contribution in [3.8, 4) is 11.1 Å². The first-order valence-corrected chi connectivity index (χ1v) is 6.93. The molecule has 0 aliphatic carbocycles. The molecule has 6 N–H and O–H groups in total. The maximum absolute atomic E-state index is 11.5. The number of aliphatic hydroxyl groups excluding tert-OH is 1. The zero-order valence-electron chi connectivity index (χ0n) is 11.9. The molecule has 3 rings (SSSR count). The molecule has 6 heteroatoms. The second kappa shape index (κ2) is 5.50. The van der Waals surface area contributed by atoms with Crippen LogP contribution in [0.2, 0.25) is 0 Å². The highest BCUT2D eigenvalue weighted by Gasteiger charge is 2.19. The number of fused-ring (bicyclic) bond motifs is 1. The number of H-pyrrole nitrogens is 1. The van der Waals surface area contributed by atoms with Crippen LogP contribution in [0.15, 0.2) is 42.5 Å². The number of benzene rings is 2. The number of rotatable bonds is 4. The first-order valence-electron chi connectivity index (χ1n) is 6.93. The smallest absolute Gasteiger partial charge is 0.315 e. The number of nitrogen functional groups attached to an aromatic ring is 1. The van der Waals surface area contributed by atoms with Crippen molar-refractivity contribution in [1.29, 1.82) is 0 Å². The van der Waals surface area contributed by atoms with E-state index in [0.29, 0.717) is 28.2 Å². The van der Waals surface area contributed by atoms with Gasteiger partial charge in [-0.1, -0.05) is 12.1 Å². The third kappa shape index (κ3) is 2.40. The number of hydrazine groups is 1. The van der Waals surface area contributed by atoms with E-state index in [-0.39, 0.29) is 6.61 Å². The van der Waals surface area contributed by atoms with Crippen molar-refractivity contribution in [3.05, 3.63) is 53.1 Å². The van der Waals surface area contributed by atoms with Crippen molar-refractivity contribution in [2.24, 2.45) is 5.84 Å². The van der Waals surface area contributed by atoms with E-state index >= 15 is 0 Å². The molecule has 112 valence electrons. The molecule has 0 bridgehead atoms. The average molecular weight is 297 g/mol. The van der Waals surface area contributed by atoms with Gasteiger partial charge in [-0.25, -0.2) is 0 Å². The van der Waals surface area contributed by atoms with Crippen molar-refractivity contribution in [2.45, 2.75) is 6.42 Å². The van der Waals surface area contributed by atoms with Crippen LogP contribution >= 0.6 is 0 Å². The highest BCUT2D eigenvalue weighted by molar-refractivity contribution is 6.00. The van der Waals surface area contributed by atoms with Crippen molar-refractivity contribution in [2.75, 3.05) is 12.3 Å². The molecule has 0 saturated carbocycles. The van der Waals surface area contributed by atoms with Crippen LogP contribution in [0.4, 0.5) is 11.4 Å². The van der Waals surface area contributed by atoms with E-state index < -0.39 is 0 Å². The van der Waals surface area contributed by atoms with Gasteiger partial charge in [-0.3, -0.25) is 0 Å². The summed E-state index contributed by atoms with van der Waals surface area (Å²) in [4.78, 5) is 15.0. The number of nitrogens with one attached hydrogen (secondary N) is 1. The number of aliphatic hydroxyl groups is 1. The number of hydrogen-bond donors (Lipinski definition) is 4. The lowest BCUT2D eigenvalue weighted by molar-refractivity contribution is -0.473. The van der Waals surface area contributed by atoms with Gasteiger partial charge in [0.15, 0.2) is 4.87 Å². The normalized spacial score (nSPS) is 11.0. The number of anilines is 1.